The highest BCUT2D eigenvalue weighted by Gasteiger charge is 2.07. The smallest absolute Gasteiger partial charge is 0.331 e. The van der Waals surface area contributed by atoms with Crippen molar-refractivity contribution in [2.75, 3.05) is 13.7 Å². The molecular formula is C21H21NO4. The van der Waals surface area contributed by atoms with Gasteiger partial charge in [0.05, 0.1) is 25.3 Å². The minimum Gasteiger partial charge on any atom is -0.493 e. The summed E-state index contributed by atoms with van der Waals surface area (Å²) in [6.45, 7) is 2.78. The highest BCUT2D eigenvalue weighted by Crippen LogP contribution is 2.28. The molecule has 0 spiro atoms. The summed E-state index contributed by atoms with van der Waals surface area (Å²) < 4.78 is 16.1. The predicted molar refractivity (Wildman–Crippen MR) is 98.8 cm³/mol. The maximum Gasteiger partial charge on any atom is 0.331 e. The predicted octanol–water partition coefficient (Wildman–Crippen LogP) is 4.11. The lowest BCUT2D eigenvalue weighted by Crippen LogP contribution is -2.02. The first-order valence-electron chi connectivity index (χ1n) is 8.31. The zero-order valence-corrected chi connectivity index (χ0v) is 14.9. The van der Waals surface area contributed by atoms with Gasteiger partial charge in [-0.1, -0.05) is 25.1 Å². The average Bonchev–Trinajstić information content (AvgIpc) is 2.69. The fraction of sp³-hybridized carbons (Fsp3) is 0.238. The summed E-state index contributed by atoms with van der Waals surface area (Å²) in [7, 11) is 1.57. The van der Waals surface area contributed by atoms with Crippen LogP contribution in [0.5, 0.6) is 11.5 Å². The van der Waals surface area contributed by atoms with Crippen LogP contribution < -0.4 is 9.47 Å². The van der Waals surface area contributed by atoms with E-state index in [1.165, 1.54) is 6.08 Å². The third-order valence-corrected chi connectivity index (χ3v) is 3.50. The molecule has 0 aliphatic heterocycles. The molecule has 0 heterocycles. The number of nitrogens with zero attached hydrogens (tertiary/aromatic N) is 1. The molecule has 2 aromatic carbocycles. The van der Waals surface area contributed by atoms with Gasteiger partial charge in [-0.25, -0.2) is 4.79 Å². The Labute approximate surface area is 153 Å². The number of rotatable bonds is 8. The Morgan fingerprint density at radius 1 is 1.19 bits per heavy atom. The lowest BCUT2D eigenvalue weighted by molar-refractivity contribution is -0.138. The topological polar surface area (TPSA) is 68.5 Å². The van der Waals surface area contributed by atoms with E-state index in [4.69, 9.17) is 19.5 Å². The number of benzene rings is 2. The van der Waals surface area contributed by atoms with Crippen LogP contribution in [-0.2, 0) is 16.1 Å². The Kier molecular flexibility index (Phi) is 7.26. The fourth-order valence-corrected chi connectivity index (χ4v) is 2.21. The van der Waals surface area contributed by atoms with Crippen molar-refractivity contribution in [3.05, 3.63) is 65.2 Å². The molecule has 0 saturated carbocycles. The first-order chi connectivity index (χ1) is 12.7. The molecule has 5 nitrogen and oxygen atoms in total. The quantitative estimate of drug-likeness (QED) is 0.529. The zero-order chi connectivity index (χ0) is 18.8. The van der Waals surface area contributed by atoms with Gasteiger partial charge in [0.15, 0.2) is 11.5 Å². The van der Waals surface area contributed by atoms with E-state index in [0.717, 1.165) is 17.5 Å². The van der Waals surface area contributed by atoms with Crippen molar-refractivity contribution in [1.29, 1.82) is 5.26 Å². The molecule has 0 aliphatic rings. The minimum absolute atomic E-state index is 0.131. The molecule has 2 aromatic rings. The van der Waals surface area contributed by atoms with E-state index in [-0.39, 0.29) is 6.61 Å². The van der Waals surface area contributed by atoms with Gasteiger partial charge in [-0.05, 0) is 47.9 Å². The van der Waals surface area contributed by atoms with E-state index in [1.807, 2.05) is 19.1 Å². The Morgan fingerprint density at radius 3 is 2.77 bits per heavy atom. The maximum atomic E-state index is 11.9. The van der Waals surface area contributed by atoms with E-state index >= 15 is 0 Å². The molecule has 0 unspecified atom stereocenters. The van der Waals surface area contributed by atoms with Crippen LogP contribution in [0.3, 0.4) is 0 Å². The normalized spacial score (nSPS) is 10.3. The maximum absolute atomic E-state index is 11.9. The number of carbonyl (C=O) groups is 1. The van der Waals surface area contributed by atoms with Crippen molar-refractivity contribution in [2.45, 2.75) is 20.0 Å². The SMILES string of the molecule is CCCOc1ccc(COC(=O)C=Cc2cccc(C#N)c2)cc1OC. The molecule has 0 aromatic heterocycles. The summed E-state index contributed by atoms with van der Waals surface area (Å²) in [4.78, 5) is 11.9. The van der Waals surface area contributed by atoms with Gasteiger partial charge in [0.2, 0.25) is 0 Å². The van der Waals surface area contributed by atoms with Crippen molar-refractivity contribution in [3.63, 3.8) is 0 Å². The Hall–Kier alpha value is -3.26. The van der Waals surface area contributed by atoms with Crippen LogP contribution in [0.1, 0.15) is 30.0 Å². The molecule has 2 rings (SSSR count). The highest BCUT2D eigenvalue weighted by molar-refractivity contribution is 5.87. The molecule has 0 atom stereocenters. The van der Waals surface area contributed by atoms with Crippen LogP contribution in [0.25, 0.3) is 6.08 Å². The third kappa shape index (κ3) is 5.67. The molecule has 26 heavy (non-hydrogen) atoms. The van der Waals surface area contributed by atoms with Crippen LogP contribution in [0.2, 0.25) is 0 Å². The van der Waals surface area contributed by atoms with E-state index in [0.29, 0.717) is 23.7 Å². The van der Waals surface area contributed by atoms with Gasteiger partial charge in [-0.3, -0.25) is 0 Å². The standard InChI is InChI=1S/C21H21NO4/c1-3-11-25-19-9-7-18(13-20(19)24-2)15-26-21(23)10-8-16-5-4-6-17(12-16)14-22/h4-10,12-13H,3,11,15H2,1-2H3. The van der Waals surface area contributed by atoms with Gasteiger partial charge in [-0.2, -0.15) is 5.26 Å². The van der Waals surface area contributed by atoms with Gasteiger partial charge in [0.1, 0.15) is 6.61 Å². The summed E-state index contributed by atoms with van der Waals surface area (Å²) in [6.07, 6.45) is 3.87. The lowest BCUT2D eigenvalue weighted by atomic mass is 10.1. The zero-order valence-electron chi connectivity index (χ0n) is 14.9. The van der Waals surface area contributed by atoms with E-state index in [9.17, 15) is 4.79 Å². The number of carbonyl (C=O) groups excluding carboxylic acids is 1. The fourth-order valence-electron chi connectivity index (χ4n) is 2.21. The van der Waals surface area contributed by atoms with Crippen molar-refractivity contribution < 1.29 is 19.0 Å². The summed E-state index contributed by atoms with van der Waals surface area (Å²) in [5.41, 5.74) is 2.11. The van der Waals surface area contributed by atoms with Gasteiger partial charge in [0, 0.05) is 6.08 Å². The first kappa shape index (κ1) is 19.1. The van der Waals surface area contributed by atoms with Crippen LogP contribution >= 0.6 is 0 Å². The molecule has 0 saturated heterocycles. The minimum atomic E-state index is -0.461. The Morgan fingerprint density at radius 2 is 2.04 bits per heavy atom. The first-order valence-corrected chi connectivity index (χ1v) is 8.31. The van der Waals surface area contributed by atoms with Crippen molar-refractivity contribution >= 4 is 12.0 Å². The van der Waals surface area contributed by atoms with Crippen LogP contribution in [0, 0.1) is 11.3 Å². The number of esters is 1. The molecular weight excluding hydrogens is 330 g/mol. The molecule has 0 aliphatic carbocycles. The van der Waals surface area contributed by atoms with Crippen molar-refractivity contribution in [3.8, 4) is 17.6 Å². The molecule has 0 N–H and O–H groups in total. The summed E-state index contributed by atoms with van der Waals surface area (Å²) in [6, 6.07) is 14.5. The Bertz CT molecular complexity index is 821. The third-order valence-electron chi connectivity index (χ3n) is 3.50. The van der Waals surface area contributed by atoms with Gasteiger partial charge in [-0.15, -0.1) is 0 Å². The number of hydrogen-bond acceptors (Lipinski definition) is 5. The number of ether oxygens (including phenoxy) is 3. The molecule has 0 amide bonds. The monoisotopic (exact) mass is 351 g/mol. The lowest BCUT2D eigenvalue weighted by Gasteiger charge is -2.11. The average molecular weight is 351 g/mol. The molecule has 5 heteroatoms. The highest BCUT2D eigenvalue weighted by atomic mass is 16.5. The van der Waals surface area contributed by atoms with Crippen LogP contribution in [0.15, 0.2) is 48.5 Å². The summed E-state index contributed by atoms with van der Waals surface area (Å²) >= 11 is 0. The number of hydrogen-bond donors (Lipinski definition) is 0. The molecule has 134 valence electrons. The van der Waals surface area contributed by atoms with Gasteiger partial charge < -0.3 is 14.2 Å². The van der Waals surface area contributed by atoms with Gasteiger partial charge in [0.25, 0.3) is 0 Å². The Balaban J connectivity index is 1.94. The van der Waals surface area contributed by atoms with E-state index in [1.54, 1.807) is 43.5 Å². The van der Waals surface area contributed by atoms with Gasteiger partial charge >= 0.3 is 5.97 Å². The van der Waals surface area contributed by atoms with Crippen molar-refractivity contribution in [2.24, 2.45) is 0 Å². The second-order valence-electron chi connectivity index (χ2n) is 5.51. The second-order valence-corrected chi connectivity index (χ2v) is 5.51. The number of nitriles is 1. The largest absolute Gasteiger partial charge is 0.493 e. The van der Waals surface area contributed by atoms with E-state index < -0.39 is 5.97 Å². The molecule has 0 bridgehead atoms. The van der Waals surface area contributed by atoms with Crippen LogP contribution in [0.4, 0.5) is 0 Å². The molecule has 0 fully saturated rings. The molecule has 0 radical (unpaired) electrons. The second kappa shape index (κ2) is 9.90. The van der Waals surface area contributed by atoms with Crippen molar-refractivity contribution in [1.82, 2.24) is 0 Å². The van der Waals surface area contributed by atoms with Crippen LogP contribution in [-0.4, -0.2) is 19.7 Å². The summed E-state index contributed by atoms with van der Waals surface area (Å²) in [5, 5.41) is 8.87. The van der Waals surface area contributed by atoms with E-state index in [2.05, 4.69) is 6.07 Å². The summed E-state index contributed by atoms with van der Waals surface area (Å²) in [5.74, 6) is 0.815. The number of methoxy groups -OCH3 is 1.